The molecule has 2 aromatic carbocycles. The predicted octanol–water partition coefficient (Wildman–Crippen LogP) is 3.86. The Morgan fingerprint density at radius 1 is 1.17 bits per heavy atom. The van der Waals surface area contributed by atoms with Gasteiger partial charge < -0.3 is 15.0 Å². The second-order valence-corrected chi connectivity index (χ2v) is 6.26. The molecule has 24 heavy (non-hydrogen) atoms. The zero-order chi connectivity index (χ0) is 16.8. The SMILES string of the molecule is Cc1ccc(NC(=O)N2CCOC(CCc3ccccc3)C2)cc1. The highest BCUT2D eigenvalue weighted by Gasteiger charge is 2.24. The molecule has 1 heterocycles. The van der Waals surface area contributed by atoms with Crippen LogP contribution in [0.15, 0.2) is 54.6 Å². The average molecular weight is 324 g/mol. The Balaban J connectivity index is 1.51. The number of amides is 2. The largest absolute Gasteiger partial charge is 0.375 e. The van der Waals surface area contributed by atoms with Crippen LogP contribution in [0.2, 0.25) is 0 Å². The third kappa shape index (κ3) is 4.59. The number of hydrogen-bond donors (Lipinski definition) is 1. The van der Waals surface area contributed by atoms with E-state index in [9.17, 15) is 4.79 Å². The van der Waals surface area contributed by atoms with E-state index in [4.69, 9.17) is 4.74 Å². The lowest BCUT2D eigenvalue weighted by atomic mass is 10.1. The second kappa shape index (κ2) is 7.97. The van der Waals surface area contributed by atoms with Crippen molar-refractivity contribution in [3.63, 3.8) is 0 Å². The summed E-state index contributed by atoms with van der Waals surface area (Å²) in [4.78, 5) is 14.3. The topological polar surface area (TPSA) is 41.6 Å². The van der Waals surface area contributed by atoms with Crippen molar-refractivity contribution in [2.24, 2.45) is 0 Å². The minimum absolute atomic E-state index is 0.0492. The minimum atomic E-state index is -0.0492. The molecule has 126 valence electrons. The molecular weight excluding hydrogens is 300 g/mol. The molecule has 1 unspecified atom stereocenters. The monoisotopic (exact) mass is 324 g/mol. The number of benzene rings is 2. The number of nitrogens with one attached hydrogen (secondary N) is 1. The van der Waals surface area contributed by atoms with Crippen LogP contribution in [0.5, 0.6) is 0 Å². The first-order valence-corrected chi connectivity index (χ1v) is 8.49. The van der Waals surface area contributed by atoms with Crippen molar-refractivity contribution >= 4 is 11.7 Å². The Bertz CT molecular complexity index is 655. The first kappa shape index (κ1) is 16.5. The van der Waals surface area contributed by atoms with Crippen LogP contribution in [0.25, 0.3) is 0 Å². The molecule has 3 rings (SSSR count). The third-order valence-corrected chi connectivity index (χ3v) is 4.33. The van der Waals surface area contributed by atoms with Gasteiger partial charge in [-0.3, -0.25) is 0 Å². The van der Waals surface area contributed by atoms with Crippen LogP contribution in [-0.2, 0) is 11.2 Å². The molecule has 1 saturated heterocycles. The first-order chi connectivity index (χ1) is 11.7. The molecule has 0 saturated carbocycles. The van der Waals surface area contributed by atoms with E-state index in [0.717, 1.165) is 18.5 Å². The number of urea groups is 1. The van der Waals surface area contributed by atoms with Crippen LogP contribution in [0.4, 0.5) is 10.5 Å². The third-order valence-electron chi connectivity index (χ3n) is 4.33. The molecule has 0 bridgehead atoms. The molecule has 0 aliphatic carbocycles. The van der Waals surface area contributed by atoms with Gasteiger partial charge in [0.2, 0.25) is 0 Å². The Morgan fingerprint density at radius 3 is 2.67 bits per heavy atom. The number of hydrogen-bond acceptors (Lipinski definition) is 2. The van der Waals surface area contributed by atoms with Crippen LogP contribution in [0, 0.1) is 6.92 Å². The van der Waals surface area contributed by atoms with Gasteiger partial charge in [0.25, 0.3) is 0 Å². The number of aryl methyl sites for hydroxylation is 2. The number of rotatable bonds is 4. The second-order valence-electron chi connectivity index (χ2n) is 6.26. The van der Waals surface area contributed by atoms with Crippen molar-refractivity contribution < 1.29 is 9.53 Å². The van der Waals surface area contributed by atoms with Crippen LogP contribution < -0.4 is 5.32 Å². The smallest absolute Gasteiger partial charge is 0.322 e. The lowest BCUT2D eigenvalue weighted by molar-refractivity contribution is -0.0157. The molecule has 0 radical (unpaired) electrons. The molecule has 2 aromatic rings. The van der Waals surface area contributed by atoms with E-state index in [1.54, 1.807) is 0 Å². The fourth-order valence-electron chi connectivity index (χ4n) is 2.89. The standard InChI is InChI=1S/C20H24N2O2/c1-16-7-10-18(11-8-16)21-20(23)22-13-14-24-19(15-22)12-9-17-5-3-2-4-6-17/h2-8,10-11,19H,9,12-15H2,1H3,(H,21,23). The van der Waals surface area contributed by atoms with Crippen molar-refractivity contribution in [1.29, 1.82) is 0 Å². The molecule has 0 aromatic heterocycles. The maximum atomic E-state index is 12.4. The van der Waals surface area contributed by atoms with Gasteiger partial charge in [-0.05, 0) is 37.5 Å². The highest BCUT2D eigenvalue weighted by Crippen LogP contribution is 2.15. The normalized spacial score (nSPS) is 17.5. The van der Waals surface area contributed by atoms with E-state index in [2.05, 4.69) is 29.6 Å². The van der Waals surface area contributed by atoms with Gasteiger partial charge >= 0.3 is 6.03 Å². The summed E-state index contributed by atoms with van der Waals surface area (Å²) in [6.45, 7) is 3.91. The number of nitrogens with zero attached hydrogens (tertiary/aromatic N) is 1. The zero-order valence-electron chi connectivity index (χ0n) is 14.1. The summed E-state index contributed by atoms with van der Waals surface area (Å²) in [5.74, 6) is 0. The van der Waals surface area contributed by atoms with Crippen molar-refractivity contribution in [2.75, 3.05) is 25.0 Å². The molecule has 1 atom stereocenters. The van der Waals surface area contributed by atoms with E-state index in [1.807, 2.05) is 42.2 Å². The lowest BCUT2D eigenvalue weighted by Gasteiger charge is -2.33. The van der Waals surface area contributed by atoms with Crippen LogP contribution >= 0.6 is 0 Å². The van der Waals surface area contributed by atoms with E-state index in [1.165, 1.54) is 11.1 Å². The van der Waals surface area contributed by atoms with E-state index in [-0.39, 0.29) is 12.1 Å². The van der Waals surface area contributed by atoms with E-state index in [0.29, 0.717) is 19.7 Å². The van der Waals surface area contributed by atoms with Gasteiger partial charge in [0.1, 0.15) is 0 Å². The number of morpholine rings is 1. The Hall–Kier alpha value is -2.33. The van der Waals surface area contributed by atoms with E-state index >= 15 is 0 Å². The zero-order valence-corrected chi connectivity index (χ0v) is 14.1. The van der Waals surface area contributed by atoms with Crippen molar-refractivity contribution in [1.82, 2.24) is 4.90 Å². The van der Waals surface area contributed by atoms with Crippen LogP contribution in [0.3, 0.4) is 0 Å². The first-order valence-electron chi connectivity index (χ1n) is 8.49. The fraction of sp³-hybridized carbons (Fsp3) is 0.350. The van der Waals surface area contributed by atoms with Gasteiger partial charge in [0.05, 0.1) is 12.7 Å². The van der Waals surface area contributed by atoms with Gasteiger partial charge in [-0.25, -0.2) is 4.79 Å². The van der Waals surface area contributed by atoms with Gasteiger partial charge in [-0.15, -0.1) is 0 Å². The van der Waals surface area contributed by atoms with Gasteiger partial charge in [0.15, 0.2) is 0 Å². The highest BCUT2D eigenvalue weighted by molar-refractivity contribution is 5.89. The summed E-state index contributed by atoms with van der Waals surface area (Å²) in [7, 11) is 0. The molecule has 0 spiro atoms. The Labute approximate surface area is 143 Å². The summed E-state index contributed by atoms with van der Waals surface area (Å²) < 4.78 is 5.82. The quantitative estimate of drug-likeness (QED) is 0.928. The predicted molar refractivity (Wildman–Crippen MR) is 96.3 cm³/mol. The summed E-state index contributed by atoms with van der Waals surface area (Å²) >= 11 is 0. The molecule has 4 nitrogen and oxygen atoms in total. The average Bonchev–Trinajstić information content (AvgIpc) is 2.63. The summed E-state index contributed by atoms with van der Waals surface area (Å²) in [6, 6.07) is 18.2. The maximum absolute atomic E-state index is 12.4. The number of anilines is 1. The highest BCUT2D eigenvalue weighted by atomic mass is 16.5. The summed E-state index contributed by atoms with van der Waals surface area (Å²) in [5, 5.41) is 2.96. The van der Waals surface area contributed by atoms with Crippen molar-refractivity contribution in [3.05, 3.63) is 65.7 Å². The van der Waals surface area contributed by atoms with Crippen molar-refractivity contribution in [2.45, 2.75) is 25.9 Å². The number of ether oxygens (including phenoxy) is 1. The molecular formula is C20H24N2O2. The molecule has 1 aliphatic rings. The molecule has 4 heteroatoms. The summed E-state index contributed by atoms with van der Waals surface area (Å²) in [6.07, 6.45) is 2.00. The van der Waals surface area contributed by atoms with Crippen LogP contribution in [0.1, 0.15) is 17.5 Å². The molecule has 1 N–H and O–H groups in total. The van der Waals surface area contributed by atoms with E-state index < -0.39 is 0 Å². The molecule has 1 aliphatic heterocycles. The minimum Gasteiger partial charge on any atom is -0.375 e. The van der Waals surface area contributed by atoms with Gasteiger partial charge in [0, 0.05) is 18.8 Å². The maximum Gasteiger partial charge on any atom is 0.322 e. The van der Waals surface area contributed by atoms with Crippen LogP contribution in [-0.4, -0.2) is 36.7 Å². The van der Waals surface area contributed by atoms with Gasteiger partial charge in [-0.1, -0.05) is 48.0 Å². The molecule has 2 amide bonds. The lowest BCUT2D eigenvalue weighted by Crippen LogP contribution is -2.47. The molecule has 1 fully saturated rings. The van der Waals surface area contributed by atoms with Gasteiger partial charge in [-0.2, -0.15) is 0 Å². The summed E-state index contributed by atoms with van der Waals surface area (Å²) in [5.41, 5.74) is 3.32. The Morgan fingerprint density at radius 2 is 1.92 bits per heavy atom. The number of carbonyl (C=O) groups excluding carboxylic acids is 1. The number of carbonyl (C=O) groups is 1. The fourth-order valence-corrected chi connectivity index (χ4v) is 2.89. The van der Waals surface area contributed by atoms with Crippen molar-refractivity contribution in [3.8, 4) is 0 Å². The Kier molecular flexibility index (Phi) is 5.49.